The molecular formula is C17H17NO. The van der Waals surface area contributed by atoms with Crippen LogP contribution in [-0.4, -0.2) is 10.1 Å². The molecule has 0 amide bonds. The van der Waals surface area contributed by atoms with Crippen LogP contribution in [0.3, 0.4) is 0 Å². The average molecular weight is 251 g/mol. The normalized spacial score (nSPS) is 12.7. The standard InChI is InChI=1S/C17H17NO/c1-2-12-6-8-13(9-7-12)17(19)15-4-3-5-16-14(15)10-11-18-16/h3-11,17-19H,2H2,1H3. The second-order valence-corrected chi connectivity index (χ2v) is 4.78. The number of aryl methyl sites for hydroxylation is 1. The van der Waals surface area contributed by atoms with Crippen molar-refractivity contribution < 1.29 is 5.11 Å². The molecule has 3 rings (SSSR count). The molecule has 2 N–H and O–H groups in total. The summed E-state index contributed by atoms with van der Waals surface area (Å²) in [6, 6.07) is 16.2. The second kappa shape index (κ2) is 4.90. The van der Waals surface area contributed by atoms with E-state index in [0.29, 0.717) is 0 Å². The molecule has 0 radical (unpaired) electrons. The van der Waals surface area contributed by atoms with Crippen LogP contribution in [0.25, 0.3) is 10.9 Å². The van der Waals surface area contributed by atoms with Crippen molar-refractivity contribution in [2.75, 3.05) is 0 Å². The Morgan fingerprint density at radius 3 is 2.58 bits per heavy atom. The zero-order valence-electron chi connectivity index (χ0n) is 10.9. The molecule has 3 aromatic rings. The van der Waals surface area contributed by atoms with E-state index in [1.54, 1.807) is 0 Å². The SMILES string of the molecule is CCc1ccc(C(O)c2cccc3[nH]ccc23)cc1. The van der Waals surface area contributed by atoms with Gasteiger partial charge in [0.1, 0.15) is 6.10 Å². The van der Waals surface area contributed by atoms with Crippen molar-refractivity contribution in [3.05, 3.63) is 71.4 Å². The first-order valence-corrected chi connectivity index (χ1v) is 6.62. The Kier molecular flexibility index (Phi) is 3.10. The Balaban J connectivity index is 2.02. The number of H-pyrrole nitrogens is 1. The first-order valence-electron chi connectivity index (χ1n) is 6.62. The minimum absolute atomic E-state index is 0.578. The van der Waals surface area contributed by atoms with Crippen LogP contribution in [0, 0.1) is 0 Å². The molecule has 0 aliphatic heterocycles. The molecule has 2 aromatic carbocycles. The van der Waals surface area contributed by atoms with Crippen LogP contribution < -0.4 is 0 Å². The van der Waals surface area contributed by atoms with Gasteiger partial charge >= 0.3 is 0 Å². The van der Waals surface area contributed by atoms with Crippen molar-refractivity contribution in [1.82, 2.24) is 4.98 Å². The largest absolute Gasteiger partial charge is 0.384 e. The molecule has 2 heteroatoms. The van der Waals surface area contributed by atoms with Gasteiger partial charge in [0.25, 0.3) is 0 Å². The zero-order valence-corrected chi connectivity index (χ0v) is 10.9. The summed E-state index contributed by atoms with van der Waals surface area (Å²) in [4.78, 5) is 3.17. The maximum absolute atomic E-state index is 10.6. The molecule has 0 fully saturated rings. The molecule has 1 atom stereocenters. The molecule has 1 aromatic heterocycles. The Labute approximate surface area is 112 Å². The summed E-state index contributed by atoms with van der Waals surface area (Å²) in [6.45, 7) is 2.13. The van der Waals surface area contributed by atoms with Gasteiger partial charge in [-0.2, -0.15) is 0 Å². The topological polar surface area (TPSA) is 36.0 Å². The number of hydrogen-bond acceptors (Lipinski definition) is 1. The van der Waals surface area contributed by atoms with Gasteiger partial charge in [0.2, 0.25) is 0 Å². The molecule has 2 nitrogen and oxygen atoms in total. The van der Waals surface area contributed by atoms with E-state index in [1.807, 2.05) is 42.6 Å². The maximum Gasteiger partial charge on any atom is 0.105 e. The van der Waals surface area contributed by atoms with Crippen LogP contribution >= 0.6 is 0 Å². The third-order valence-electron chi connectivity index (χ3n) is 3.63. The summed E-state index contributed by atoms with van der Waals surface area (Å²) in [5.74, 6) is 0. The van der Waals surface area contributed by atoms with Crippen LogP contribution in [0.1, 0.15) is 29.7 Å². The van der Waals surface area contributed by atoms with Gasteiger partial charge < -0.3 is 10.1 Å². The summed E-state index contributed by atoms with van der Waals surface area (Å²) < 4.78 is 0. The van der Waals surface area contributed by atoms with E-state index in [0.717, 1.165) is 28.5 Å². The molecule has 0 saturated heterocycles. The number of rotatable bonds is 3. The molecular weight excluding hydrogens is 234 g/mol. The number of aromatic amines is 1. The fourth-order valence-electron chi connectivity index (χ4n) is 2.46. The van der Waals surface area contributed by atoms with Gasteiger partial charge in [-0.05, 0) is 35.2 Å². The van der Waals surface area contributed by atoms with Crippen molar-refractivity contribution in [3.63, 3.8) is 0 Å². The third-order valence-corrected chi connectivity index (χ3v) is 3.63. The van der Waals surface area contributed by atoms with Gasteiger partial charge in [-0.1, -0.05) is 43.3 Å². The highest BCUT2D eigenvalue weighted by atomic mass is 16.3. The van der Waals surface area contributed by atoms with Gasteiger partial charge in [-0.25, -0.2) is 0 Å². The highest BCUT2D eigenvalue weighted by Crippen LogP contribution is 2.28. The van der Waals surface area contributed by atoms with Crippen LogP contribution in [0.2, 0.25) is 0 Å². The summed E-state index contributed by atoms with van der Waals surface area (Å²) in [7, 11) is 0. The van der Waals surface area contributed by atoms with Crippen molar-refractivity contribution in [2.24, 2.45) is 0 Å². The molecule has 0 aliphatic carbocycles. The molecule has 1 heterocycles. The van der Waals surface area contributed by atoms with Crippen LogP contribution in [0.4, 0.5) is 0 Å². The first kappa shape index (κ1) is 12.0. The van der Waals surface area contributed by atoms with E-state index in [9.17, 15) is 5.11 Å². The van der Waals surface area contributed by atoms with Crippen LogP contribution in [0.15, 0.2) is 54.7 Å². The Morgan fingerprint density at radius 2 is 1.84 bits per heavy atom. The lowest BCUT2D eigenvalue weighted by atomic mass is 9.97. The first-order chi connectivity index (χ1) is 9.29. The van der Waals surface area contributed by atoms with E-state index in [4.69, 9.17) is 0 Å². The summed E-state index contributed by atoms with van der Waals surface area (Å²) in [6.07, 6.45) is 2.34. The molecule has 0 spiro atoms. The Morgan fingerprint density at radius 1 is 1.05 bits per heavy atom. The van der Waals surface area contributed by atoms with Gasteiger partial charge in [0, 0.05) is 17.1 Å². The zero-order chi connectivity index (χ0) is 13.2. The Bertz CT molecular complexity index is 682. The summed E-state index contributed by atoms with van der Waals surface area (Å²) >= 11 is 0. The minimum Gasteiger partial charge on any atom is -0.384 e. The van der Waals surface area contributed by atoms with Crippen molar-refractivity contribution in [1.29, 1.82) is 0 Å². The number of aromatic nitrogens is 1. The van der Waals surface area contributed by atoms with Crippen molar-refractivity contribution in [3.8, 4) is 0 Å². The van der Waals surface area contributed by atoms with E-state index in [-0.39, 0.29) is 0 Å². The monoisotopic (exact) mass is 251 g/mol. The molecule has 19 heavy (non-hydrogen) atoms. The lowest BCUT2D eigenvalue weighted by Crippen LogP contribution is -2.00. The number of benzene rings is 2. The maximum atomic E-state index is 10.6. The van der Waals surface area contributed by atoms with Crippen LogP contribution in [-0.2, 0) is 6.42 Å². The molecule has 0 aliphatic rings. The predicted molar refractivity (Wildman–Crippen MR) is 78.2 cm³/mol. The van der Waals surface area contributed by atoms with Gasteiger partial charge in [-0.15, -0.1) is 0 Å². The number of hydrogen-bond donors (Lipinski definition) is 2. The van der Waals surface area contributed by atoms with E-state index in [2.05, 4.69) is 24.0 Å². The predicted octanol–water partition coefficient (Wildman–Crippen LogP) is 3.81. The molecule has 96 valence electrons. The highest BCUT2D eigenvalue weighted by Gasteiger charge is 2.13. The van der Waals surface area contributed by atoms with E-state index in [1.165, 1.54) is 5.56 Å². The number of aliphatic hydroxyl groups excluding tert-OH is 1. The lowest BCUT2D eigenvalue weighted by Gasteiger charge is -2.13. The quantitative estimate of drug-likeness (QED) is 0.729. The molecule has 0 bridgehead atoms. The Hall–Kier alpha value is -2.06. The number of aliphatic hydroxyl groups is 1. The van der Waals surface area contributed by atoms with Crippen LogP contribution in [0.5, 0.6) is 0 Å². The van der Waals surface area contributed by atoms with Crippen molar-refractivity contribution >= 4 is 10.9 Å². The molecule has 0 saturated carbocycles. The highest BCUT2D eigenvalue weighted by molar-refractivity contribution is 5.83. The van der Waals surface area contributed by atoms with E-state index >= 15 is 0 Å². The van der Waals surface area contributed by atoms with Gasteiger partial charge in [0.15, 0.2) is 0 Å². The number of nitrogens with one attached hydrogen (secondary N) is 1. The summed E-state index contributed by atoms with van der Waals surface area (Å²) in [5, 5.41) is 11.6. The summed E-state index contributed by atoms with van der Waals surface area (Å²) in [5.41, 5.74) is 4.23. The van der Waals surface area contributed by atoms with Gasteiger partial charge in [0.05, 0.1) is 0 Å². The lowest BCUT2D eigenvalue weighted by molar-refractivity contribution is 0.222. The third kappa shape index (κ3) is 2.15. The average Bonchev–Trinajstić information content (AvgIpc) is 2.95. The number of fused-ring (bicyclic) bond motifs is 1. The van der Waals surface area contributed by atoms with Gasteiger partial charge in [-0.3, -0.25) is 0 Å². The second-order valence-electron chi connectivity index (χ2n) is 4.78. The fourth-order valence-corrected chi connectivity index (χ4v) is 2.46. The molecule has 1 unspecified atom stereocenters. The smallest absolute Gasteiger partial charge is 0.105 e. The fraction of sp³-hybridized carbons (Fsp3) is 0.176. The van der Waals surface area contributed by atoms with Crippen molar-refractivity contribution in [2.45, 2.75) is 19.4 Å². The minimum atomic E-state index is -0.578. The van der Waals surface area contributed by atoms with E-state index < -0.39 is 6.10 Å².